The molecular formula is C74H128NO8+. The Labute approximate surface area is 511 Å². The number of carboxylic acids is 1. The van der Waals surface area contributed by atoms with E-state index in [1.54, 1.807) is 0 Å². The van der Waals surface area contributed by atoms with Crippen LogP contribution in [0.15, 0.2) is 109 Å². The van der Waals surface area contributed by atoms with Gasteiger partial charge in [0.25, 0.3) is 6.29 Å². The number of esters is 2. The average molecular weight is 1160 g/mol. The van der Waals surface area contributed by atoms with Crippen LogP contribution in [-0.4, -0.2) is 87.4 Å². The fraction of sp³-hybridized carbons (Fsp3) is 0.716. The predicted octanol–water partition coefficient (Wildman–Crippen LogP) is 21.0. The normalized spacial score (nSPS) is 13.4. The molecule has 0 aromatic carbocycles. The Kier molecular flexibility index (Phi) is 60.8. The third kappa shape index (κ3) is 65.3. The third-order valence-electron chi connectivity index (χ3n) is 14.5. The van der Waals surface area contributed by atoms with Crippen LogP contribution in [0, 0.1) is 0 Å². The number of hydrogen-bond donors (Lipinski definition) is 1. The summed E-state index contributed by atoms with van der Waals surface area (Å²) in [6.07, 6.45) is 86.7. The highest BCUT2D eigenvalue weighted by Gasteiger charge is 2.25. The molecule has 0 saturated heterocycles. The SMILES string of the molecule is CC/C=C\C/C=C\C/C=C\C/C=C\C/C=C\CCCC(=O)OC(COC(=O)CCCCCCCCCCCCCCCCCCCCCCCCCCCCCC/C=C\C/C=C\C/C=C\C/C=C\CC)COC(OCC[N+](C)(C)C)C(=O)O. The number of allylic oxidation sites excluding steroid dienone is 18. The van der Waals surface area contributed by atoms with Crippen LogP contribution in [0.25, 0.3) is 0 Å². The Morgan fingerprint density at radius 1 is 0.361 bits per heavy atom. The minimum absolute atomic E-state index is 0.174. The summed E-state index contributed by atoms with van der Waals surface area (Å²) >= 11 is 0. The Hall–Kier alpha value is -4.05. The largest absolute Gasteiger partial charge is 0.477 e. The van der Waals surface area contributed by atoms with Gasteiger partial charge in [0.1, 0.15) is 13.2 Å². The molecule has 0 amide bonds. The summed E-state index contributed by atoms with van der Waals surface area (Å²) in [6.45, 7) is 4.60. The summed E-state index contributed by atoms with van der Waals surface area (Å²) in [6, 6.07) is 0. The molecule has 0 aromatic rings. The maximum absolute atomic E-state index is 12.8. The van der Waals surface area contributed by atoms with Crippen LogP contribution >= 0.6 is 0 Å². The summed E-state index contributed by atoms with van der Waals surface area (Å²) in [7, 11) is 5.95. The second-order valence-corrected chi connectivity index (χ2v) is 23.7. The molecule has 0 spiro atoms. The number of carboxylic acid groups (broad SMARTS) is 1. The molecule has 2 unspecified atom stereocenters. The van der Waals surface area contributed by atoms with Crippen molar-refractivity contribution in [1.82, 2.24) is 0 Å². The van der Waals surface area contributed by atoms with Crippen LogP contribution in [0.3, 0.4) is 0 Å². The lowest BCUT2D eigenvalue weighted by atomic mass is 10.0. The fourth-order valence-corrected chi connectivity index (χ4v) is 9.40. The van der Waals surface area contributed by atoms with E-state index in [0.29, 0.717) is 17.4 Å². The zero-order valence-electron chi connectivity index (χ0n) is 54.3. The van der Waals surface area contributed by atoms with E-state index in [0.717, 1.165) is 83.5 Å². The summed E-state index contributed by atoms with van der Waals surface area (Å²) < 4.78 is 22.8. The number of carbonyl (C=O) groups is 3. The molecule has 0 bridgehead atoms. The highest BCUT2D eigenvalue weighted by atomic mass is 16.7. The van der Waals surface area contributed by atoms with E-state index >= 15 is 0 Å². The third-order valence-corrected chi connectivity index (χ3v) is 14.5. The number of quaternary nitrogens is 1. The van der Waals surface area contributed by atoms with Gasteiger partial charge in [0.2, 0.25) is 0 Å². The predicted molar refractivity (Wildman–Crippen MR) is 355 cm³/mol. The van der Waals surface area contributed by atoms with Crippen LogP contribution in [0.2, 0.25) is 0 Å². The van der Waals surface area contributed by atoms with Gasteiger partial charge >= 0.3 is 17.9 Å². The summed E-state index contributed by atoms with van der Waals surface area (Å²) in [5.74, 6) is -2.08. The number of likely N-dealkylation sites (N-methyl/N-ethyl adjacent to an activating group) is 1. The number of aliphatic carboxylic acids is 1. The molecule has 0 aliphatic carbocycles. The van der Waals surface area contributed by atoms with Crippen molar-refractivity contribution in [1.29, 1.82) is 0 Å². The first-order chi connectivity index (χ1) is 40.6. The Balaban J connectivity index is 3.97. The number of nitrogens with zero attached hydrogens (tertiary/aromatic N) is 1. The quantitative estimate of drug-likeness (QED) is 0.0211. The van der Waals surface area contributed by atoms with Gasteiger partial charge in [-0.05, 0) is 89.9 Å². The van der Waals surface area contributed by atoms with Crippen molar-refractivity contribution in [2.24, 2.45) is 0 Å². The van der Waals surface area contributed by atoms with Gasteiger partial charge in [-0.3, -0.25) is 9.59 Å². The van der Waals surface area contributed by atoms with Crippen LogP contribution < -0.4 is 0 Å². The molecule has 9 nitrogen and oxygen atoms in total. The van der Waals surface area contributed by atoms with Crippen molar-refractivity contribution in [3.8, 4) is 0 Å². The number of ether oxygens (including phenoxy) is 4. The van der Waals surface area contributed by atoms with Crippen LogP contribution in [0.4, 0.5) is 0 Å². The number of unbranched alkanes of at least 4 members (excludes halogenated alkanes) is 29. The minimum atomic E-state index is -1.53. The van der Waals surface area contributed by atoms with E-state index in [-0.39, 0.29) is 38.6 Å². The van der Waals surface area contributed by atoms with Gasteiger partial charge in [-0.25, -0.2) is 4.79 Å². The smallest absolute Gasteiger partial charge is 0.361 e. The van der Waals surface area contributed by atoms with Crippen LogP contribution in [0.1, 0.15) is 284 Å². The molecule has 476 valence electrons. The molecule has 1 N–H and O–H groups in total. The standard InChI is InChI=1S/C74H127NO8/c1-6-8-10-12-14-16-18-20-22-24-25-26-27-28-29-30-31-32-33-34-35-36-37-38-39-40-41-42-43-44-45-46-47-49-50-52-54-56-58-60-62-64-71(76)81-68-70(69-82-74(73(78)79)80-67-66-75(3,4)5)83-72(77)65-63-61-59-57-55-53-51-48-23-21-19-17-15-13-11-9-7-2/h8-11,14-17,20-23,25-26,51,53,57,59,70,74H,6-7,12-13,18-19,24,27-50,52,54-56,58,60-69H2,1-5H3/p+1/b10-8-,11-9-,16-14-,17-15-,22-20-,23-21-,26-25-,53-51-,59-57-. The van der Waals surface area contributed by atoms with E-state index < -0.39 is 24.3 Å². The zero-order valence-corrected chi connectivity index (χ0v) is 54.3. The molecule has 2 atom stereocenters. The Morgan fingerprint density at radius 2 is 0.663 bits per heavy atom. The zero-order chi connectivity index (χ0) is 60.5. The van der Waals surface area contributed by atoms with Crippen molar-refractivity contribution in [2.45, 2.75) is 296 Å². The summed E-state index contributed by atoms with van der Waals surface area (Å²) in [4.78, 5) is 37.5. The van der Waals surface area contributed by atoms with E-state index in [9.17, 15) is 19.5 Å². The summed E-state index contributed by atoms with van der Waals surface area (Å²) in [5.41, 5.74) is 0. The van der Waals surface area contributed by atoms with Crippen molar-refractivity contribution < 1.29 is 42.9 Å². The molecule has 0 aliphatic rings. The molecule has 0 saturated carbocycles. The van der Waals surface area contributed by atoms with Gasteiger partial charge in [-0.15, -0.1) is 0 Å². The molecule has 0 aliphatic heterocycles. The molecule has 0 rings (SSSR count). The second kappa shape index (κ2) is 64.0. The van der Waals surface area contributed by atoms with Crippen LogP contribution in [0.5, 0.6) is 0 Å². The van der Waals surface area contributed by atoms with E-state index in [4.69, 9.17) is 18.9 Å². The first-order valence-electron chi connectivity index (χ1n) is 34.1. The molecule has 83 heavy (non-hydrogen) atoms. The lowest BCUT2D eigenvalue weighted by Crippen LogP contribution is -2.40. The first-order valence-corrected chi connectivity index (χ1v) is 34.1. The van der Waals surface area contributed by atoms with Crippen molar-refractivity contribution in [3.05, 3.63) is 109 Å². The van der Waals surface area contributed by atoms with E-state index in [2.05, 4.69) is 123 Å². The van der Waals surface area contributed by atoms with Gasteiger partial charge in [0, 0.05) is 12.8 Å². The van der Waals surface area contributed by atoms with Crippen molar-refractivity contribution in [2.75, 3.05) is 47.5 Å². The molecular weight excluding hydrogens is 1030 g/mol. The molecule has 0 radical (unpaired) electrons. The van der Waals surface area contributed by atoms with E-state index in [1.807, 2.05) is 21.1 Å². The Bertz CT molecular complexity index is 1730. The number of carbonyl (C=O) groups excluding carboxylic acids is 2. The minimum Gasteiger partial charge on any atom is -0.477 e. The fourth-order valence-electron chi connectivity index (χ4n) is 9.40. The van der Waals surface area contributed by atoms with Gasteiger partial charge in [0.05, 0.1) is 34.4 Å². The monoisotopic (exact) mass is 1160 g/mol. The highest BCUT2D eigenvalue weighted by molar-refractivity contribution is 5.71. The lowest BCUT2D eigenvalue weighted by molar-refractivity contribution is -0.870. The number of rotatable bonds is 62. The lowest BCUT2D eigenvalue weighted by Gasteiger charge is -2.25. The van der Waals surface area contributed by atoms with Crippen LogP contribution in [-0.2, 0) is 33.3 Å². The first kappa shape index (κ1) is 79.0. The second-order valence-electron chi connectivity index (χ2n) is 23.7. The van der Waals surface area contributed by atoms with E-state index in [1.165, 1.54) is 167 Å². The maximum atomic E-state index is 12.8. The maximum Gasteiger partial charge on any atom is 0.361 e. The van der Waals surface area contributed by atoms with Crippen molar-refractivity contribution >= 4 is 17.9 Å². The number of hydrogen-bond acceptors (Lipinski definition) is 7. The van der Waals surface area contributed by atoms with Gasteiger partial charge in [0.15, 0.2) is 6.10 Å². The van der Waals surface area contributed by atoms with Gasteiger partial charge in [-0.2, -0.15) is 0 Å². The van der Waals surface area contributed by atoms with Gasteiger partial charge < -0.3 is 28.5 Å². The topological polar surface area (TPSA) is 108 Å². The molecule has 9 heteroatoms. The van der Waals surface area contributed by atoms with Gasteiger partial charge in [-0.1, -0.05) is 290 Å². The molecule has 0 fully saturated rings. The molecule has 0 aromatic heterocycles. The summed E-state index contributed by atoms with van der Waals surface area (Å²) in [5, 5.41) is 9.71. The Morgan fingerprint density at radius 3 is 1.00 bits per heavy atom. The van der Waals surface area contributed by atoms with Crippen molar-refractivity contribution in [3.63, 3.8) is 0 Å². The highest BCUT2D eigenvalue weighted by Crippen LogP contribution is 2.18. The average Bonchev–Trinajstić information content (AvgIpc) is 3.46. The molecule has 0 heterocycles.